The first kappa shape index (κ1) is 19.1. The van der Waals surface area contributed by atoms with Gasteiger partial charge in [0.1, 0.15) is 5.82 Å². The largest absolute Gasteiger partial charge is 0.345 e. The van der Waals surface area contributed by atoms with Crippen molar-refractivity contribution >= 4 is 23.4 Å². The Kier molecular flexibility index (Phi) is 6.43. The van der Waals surface area contributed by atoms with Gasteiger partial charge in [0.15, 0.2) is 0 Å². The zero-order chi connectivity index (χ0) is 19.1. The number of halogens is 1. The molecule has 0 aliphatic rings. The van der Waals surface area contributed by atoms with Crippen LogP contribution in [-0.4, -0.2) is 30.8 Å². The van der Waals surface area contributed by atoms with E-state index >= 15 is 0 Å². The van der Waals surface area contributed by atoms with Crippen LogP contribution in [0.5, 0.6) is 0 Å². The molecule has 6 nitrogen and oxygen atoms in total. The summed E-state index contributed by atoms with van der Waals surface area (Å²) < 4.78 is 12.8. The zero-order valence-corrected chi connectivity index (χ0v) is 14.6. The van der Waals surface area contributed by atoms with Gasteiger partial charge in [-0.05, 0) is 49.2 Å². The quantitative estimate of drug-likeness (QED) is 0.738. The van der Waals surface area contributed by atoms with Crippen molar-refractivity contribution in [1.29, 1.82) is 0 Å². The van der Waals surface area contributed by atoms with Crippen LogP contribution in [0.3, 0.4) is 0 Å². The zero-order valence-electron chi connectivity index (χ0n) is 14.6. The van der Waals surface area contributed by atoms with Crippen LogP contribution in [-0.2, 0) is 9.59 Å². The Morgan fingerprint density at radius 1 is 0.846 bits per heavy atom. The highest BCUT2D eigenvalue weighted by Crippen LogP contribution is 2.18. The number of hydrogen-bond donors (Lipinski definition) is 3. The summed E-state index contributed by atoms with van der Waals surface area (Å²) in [6, 6.07) is 10.6. The summed E-state index contributed by atoms with van der Waals surface area (Å²) in [5, 5.41) is 7.59. The van der Waals surface area contributed by atoms with Crippen LogP contribution in [0.4, 0.5) is 10.1 Å². The number of para-hydroxylation sites is 1. The Morgan fingerprint density at radius 2 is 1.42 bits per heavy atom. The van der Waals surface area contributed by atoms with E-state index in [4.69, 9.17) is 0 Å². The van der Waals surface area contributed by atoms with Gasteiger partial charge < -0.3 is 16.0 Å². The molecule has 26 heavy (non-hydrogen) atoms. The molecule has 0 atom stereocenters. The van der Waals surface area contributed by atoms with Gasteiger partial charge in [0, 0.05) is 11.3 Å². The van der Waals surface area contributed by atoms with E-state index in [1.54, 1.807) is 0 Å². The molecule has 0 saturated carbocycles. The molecule has 0 fully saturated rings. The molecule has 136 valence electrons. The molecule has 2 aromatic rings. The maximum Gasteiger partial charge on any atom is 0.251 e. The topological polar surface area (TPSA) is 87.3 Å². The molecular formula is C19H20FN3O3. The fourth-order valence-corrected chi connectivity index (χ4v) is 2.30. The fourth-order valence-electron chi connectivity index (χ4n) is 2.30. The third-order valence-corrected chi connectivity index (χ3v) is 3.71. The van der Waals surface area contributed by atoms with Crippen molar-refractivity contribution in [2.45, 2.75) is 13.8 Å². The summed E-state index contributed by atoms with van der Waals surface area (Å²) in [7, 11) is 0. The second kappa shape index (κ2) is 8.75. The van der Waals surface area contributed by atoms with E-state index in [9.17, 15) is 18.8 Å². The lowest BCUT2D eigenvalue weighted by molar-refractivity contribution is -0.123. The highest BCUT2D eigenvalue weighted by atomic mass is 19.1. The third kappa shape index (κ3) is 5.41. The molecule has 0 unspecified atom stereocenters. The first-order chi connectivity index (χ1) is 12.4. The van der Waals surface area contributed by atoms with E-state index in [-0.39, 0.29) is 24.6 Å². The average molecular weight is 357 g/mol. The molecule has 0 heterocycles. The number of aryl methyl sites for hydroxylation is 2. The number of benzene rings is 2. The minimum absolute atomic E-state index is 0.209. The van der Waals surface area contributed by atoms with Gasteiger partial charge >= 0.3 is 0 Å². The van der Waals surface area contributed by atoms with E-state index in [0.29, 0.717) is 0 Å². The first-order valence-electron chi connectivity index (χ1n) is 8.03. The summed E-state index contributed by atoms with van der Waals surface area (Å²) in [4.78, 5) is 35.5. The molecule has 7 heteroatoms. The van der Waals surface area contributed by atoms with Crippen molar-refractivity contribution in [1.82, 2.24) is 10.6 Å². The number of rotatable bonds is 6. The van der Waals surface area contributed by atoms with Crippen LogP contribution in [0.2, 0.25) is 0 Å². The van der Waals surface area contributed by atoms with Crippen molar-refractivity contribution in [2.75, 3.05) is 18.4 Å². The molecule has 0 aromatic heterocycles. The molecular weight excluding hydrogens is 337 g/mol. The van der Waals surface area contributed by atoms with E-state index in [2.05, 4.69) is 16.0 Å². The Labute approximate surface area is 150 Å². The molecule has 3 amide bonds. The van der Waals surface area contributed by atoms with Crippen LogP contribution >= 0.6 is 0 Å². The number of amides is 3. The molecule has 0 radical (unpaired) electrons. The lowest BCUT2D eigenvalue weighted by Gasteiger charge is -2.12. The van der Waals surface area contributed by atoms with Crippen LogP contribution in [0.15, 0.2) is 42.5 Å². The van der Waals surface area contributed by atoms with Gasteiger partial charge in [-0.15, -0.1) is 0 Å². The summed E-state index contributed by atoms with van der Waals surface area (Å²) in [6.07, 6.45) is 0. The van der Waals surface area contributed by atoms with E-state index in [1.165, 1.54) is 12.1 Å². The SMILES string of the molecule is Cc1cccc(C)c1NC(=O)CNC(=O)CNC(=O)c1ccc(F)cc1. The van der Waals surface area contributed by atoms with Crippen molar-refractivity contribution < 1.29 is 18.8 Å². The number of anilines is 1. The number of carbonyl (C=O) groups is 3. The van der Waals surface area contributed by atoms with Crippen LogP contribution in [0.1, 0.15) is 21.5 Å². The normalized spacial score (nSPS) is 10.1. The second-order valence-electron chi connectivity index (χ2n) is 5.78. The van der Waals surface area contributed by atoms with Gasteiger partial charge in [-0.1, -0.05) is 18.2 Å². The minimum Gasteiger partial charge on any atom is -0.345 e. The molecule has 0 aliphatic heterocycles. The fraction of sp³-hybridized carbons (Fsp3) is 0.211. The molecule has 2 rings (SSSR count). The summed E-state index contributed by atoms with van der Waals surface area (Å²) >= 11 is 0. The number of nitrogens with one attached hydrogen (secondary N) is 3. The number of carbonyl (C=O) groups excluding carboxylic acids is 3. The van der Waals surface area contributed by atoms with Crippen molar-refractivity contribution in [3.05, 3.63) is 65.0 Å². The van der Waals surface area contributed by atoms with Gasteiger partial charge in [-0.3, -0.25) is 14.4 Å². The van der Waals surface area contributed by atoms with E-state index in [1.807, 2.05) is 32.0 Å². The highest BCUT2D eigenvalue weighted by Gasteiger charge is 2.11. The monoisotopic (exact) mass is 357 g/mol. The first-order valence-corrected chi connectivity index (χ1v) is 8.03. The molecule has 0 spiro atoms. The van der Waals surface area contributed by atoms with Crippen molar-refractivity contribution in [3.8, 4) is 0 Å². The Morgan fingerprint density at radius 3 is 2.04 bits per heavy atom. The van der Waals surface area contributed by atoms with Crippen LogP contribution in [0.25, 0.3) is 0 Å². The van der Waals surface area contributed by atoms with Gasteiger partial charge in [-0.2, -0.15) is 0 Å². The van der Waals surface area contributed by atoms with Crippen LogP contribution in [0, 0.1) is 19.7 Å². The maximum atomic E-state index is 12.8. The molecule has 2 aromatic carbocycles. The summed E-state index contributed by atoms with van der Waals surface area (Å²) in [5.41, 5.74) is 2.82. The molecule has 0 bridgehead atoms. The third-order valence-electron chi connectivity index (χ3n) is 3.71. The van der Waals surface area contributed by atoms with Gasteiger partial charge in [0.2, 0.25) is 11.8 Å². The predicted octanol–water partition coefficient (Wildman–Crippen LogP) is 1.93. The van der Waals surface area contributed by atoms with Gasteiger partial charge in [0.05, 0.1) is 13.1 Å². The molecule has 0 aliphatic carbocycles. The average Bonchev–Trinajstić information content (AvgIpc) is 2.61. The van der Waals surface area contributed by atoms with E-state index < -0.39 is 17.6 Å². The highest BCUT2D eigenvalue weighted by molar-refractivity contribution is 5.98. The standard InChI is InChI=1S/C19H20FN3O3/c1-12-4-3-5-13(2)18(12)23-17(25)11-21-16(24)10-22-19(26)14-6-8-15(20)9-7-14/h3-9H,10-11H2,1-2H3,(H,21,24)(H,22,26)(H,23,25). The molecule has 0 saturated heterocycles. The molecule has 3 N–H and O–H groups in total. The maximum absolute atomic E-state index is 12.8. The summed E-state index contributed by atoms with van der Waals surface area (Å²) in [6.45, 7) is 3.27. The Hall–Kier alpha value is -3.22. The minimum atomic E-state index is -0.503. The number of hydrogen-bond acceptors (Lipinski definition) is 3. The van der Waals surface area contributed by atoms with E-state index in [0.717, 1.165) is 28.9 Å². The second-order valence-corrected chi connectivity index (χ2v) is 5.78. The lowest BCUT2D eigenvalue weighted by Crippen LogP contribution is -2.40. The lowest BCUT2D eigenvalue weighted by atomic mass is 10.1. The van der Waals surface area contributed by atoms with Gasteiger partial charge in [0.25, 0.3) is 5.91 Å². The smallest absolute Gasteiger partial charge is 0.251 e. The Balaban J connectivity index is 1.77. The van der Waals surface area contributed by atoms with Crippen molar-refractivity contribution in [2.24, 2.45) is 0 Å². The van der Waals surface area contributed by atoms with Gasteiger partial charge in [-0.25, -0.2) is 4.39 Å². The summed E-state index contributed by atoms with van der Waals surface area (Å²) in [5.74, 6) is -1.81. The van der Waals surface area contributed by atoms with Crippen LogP contribution < -0.4 is 16.0 Å². The predicted molar refractivity (Wildman–Crippen MR) is 96.3 cm³/mol. The van der Waals surface area contributed by atoms with Crippen molar-refractivity contribution in [3.63, 3.8) is 0 Å². The Bertz CT molecular complexity index is 799.